The number of hydrogen-bond donors (Lipinski definition) is 2. The molecule has 0 aromatic heterocycles. The Morgan fingerprint density at radius 2 is 2.21 bits per heavy atom. The molecule has 2 unspecified atom stereocenters. The highest BCUT2D eigenvalue weighted by molar-refractivity contribution is 5.83. The smallest absolute Gasteiger partial charge is 0.237 e. The second-order valence-corrected chi connectivity index (χ2v) is 4.49. The predicted octanol–water partition coefficient (Wildman–Crippen LogP) is 0.537. The Labute approximate surface area is 85.0 Å². The van der Waals surface area contributed by atoms with Gasteiger partial charge in [0.1, 0.15) is 0 Å². The highest BCUT2D eigenvalue weighted by atomic mass is 16.5. The SMILES string of the molecule is CC(CC(C)(N)C(N)=O)OC1CCC1. The lowest BCUT2D eigenvalue weighted by atomic mass is 9.93. The van der Waals surface area contributed by atoms with Crippen molar-refractivity contribution >= 4 is 5.91 Å². The van der Waals surface area contributed by atoms with Crippen molar-refractivity contribution in [3.05, 3.63) is 0 Å². The van der Waals surface area contributed by atoms with Gasteiger partial charge in [-0.05, 0) is 39.5 Å². The standard InChI is InChI=1S/C10H20N2O2/c1-7(14-8-4-3-5-8)6-10(2,12)9(11)13/h7-8H,3-6,12H2,1-2H3,(H2,11,13). The molecule has 0 saturated heterocycles. The Morgan fingerprint density at radius 1 is 1.64 bits per heavy atom. The molecule has 0 radical (unpaired) electrons. The summed E-state index contributed by atoms with van der Waals surface area (Å²) in [5.41, 5.74) is 9.96. The molecular weight excluding hydrogens is 180 g/mol. The van der Waals surface area contributed by atoms with Crippen molar-refractivity contribution in [2.24, 2.45) is 11.5 Å². The number of ether oxygens (including phenoxy) is 1. The van der Waals surface area contributed by atoms with Crippen molar-refractivity contribution < 1.29 is 9.53 Å². The van der Waals surface area contributed by atoms with Crippen molar-refractivity contribution in [3.63, 3.8) is 0 Å². The molecule has 4 N–H and O–H groups in total. The molecule has 14 heavy (non-hydrogen) atoms. The van der Waals surface area contributed by atoms with Gasteiger partial charge in [-0.15, -0.1) is 0 Å². The molecular formula is C10H20N2O2. The average Bonchev–Trinajstić information content (AvgIpc) is 1.96. The van der Waals surface area contributed by atoms with Gasteiger partial charge in [0.25, 0.3) is 0 Å². The fourth-order valence-corrected chi connectivity index (χ4v) is 1.58. The van der Waals surface area contributed by atoms with Crippen molar-refractivity contribution in [2.75, 3.05) is 0 Å². The third kappa shape index (κ3) is 2.96. The zero-order valence-corrected chi connectivity index (χ0v) is 8.95. The maximum atomic E-state index is 11.0. The van der Waals surface area contributed by atoms with E-state index < -0.39 is 11.4 Å². The summed E-state index contributed by atoms with van der Waals surface area (Å²) in [4.78, 5) is 11.0. The molecule has 82 valence electrons. The van der Waals surface area contributed by atoms with Gasteiger partial charge in [0, 0.05) is 0 Å². The maximum absolute atomic E-state index is 11.0. The molecule has 0 bridgehead atoms. The minimum Gasteiger partial charge on any atom is -0.375 e. The maximum Gasteiger partial charge on any atom is 0.237 e. The largest absolute Gasteiger partial charge is 0.375 e. The van der Waals surface area contributed by atoms with Gasteiger partial charge >= 0.3 is 0 Å². The minimum atomic E-state index is -0.955. The fourth-order valence-electron chi connectivity index (χ4n) is 1.58. The van der Waals surface area contributed by atoms with Crippen LogP contribution >= 0.6 is 0 Å². The van der Waals surface area contributed by atoms with E-state index in [9.17, 15) is 4.79 Å². The molecule has 1 fully saturated rings. The summed E-state index contributed by atoms with van der Waals surface area (Å²) < 4.78 is 5.68. The van der Waals surface area contributed by atoms with Crippen LogP contribution in [0.2, 0.25) is 0 Å². The van der Waals surface area contributed by atoms with E-state index in [-0.39, 0.29) is 6.10 Å². The molecule has 4 heteroatoms. The highest BCUT2D eigenvalue weighted by Gasteiger charge is 2.30. The number of carbonyl (C=O) groups excluding carboxylic acids is 1. The Bertz CT molecular complexity index is 212. The Morgan fingerprint density at radius 3 is 2.57 bits per heavy atom. The molecule has 1 aliphatic carbocycles. The molecule has 0 heterocycles. The first kappa shape index (κ1) is 11.5. The number of carbonyl (C=O) groups is 1. The van der Waals surface area contributed by atoms with Gasteiger partial charge in [-0.3, -0.25) is 4.79 Å². The summed E-state index contributed by atoms with van der Waals surface area (Å²) in [6, 6.07) is 0. The van der Waals surface area contributed by atoms with Crippen molar-refractivity contribution in [2.45, 2.75) is 57.3 Å². The van der Waals surface area contributed by atoms with Crippen molar-refractivity contribution in [3.8, 4) is 0 Å². The highest BCUT2D eigenvalue weighted by Crippen LogP contribution is 2.25. The summed E-state index contributed by atoms with van der Waals surface area (Å²) in [5.74, 6) is -0.471. The number of amides is 1. The summed E-state index contributed by atoms with van der Waals surface area (Å²) in [6.45, 7) is 3.59. The van der Waals surface area contributed by atoms with E-state index in [0.717, 1.165) is 12.8 Å². The third-order valence-corrected chi connectivity index (χ3v) is 2.75. The monoisotopic (exact) mass is 200 g/mol. The van der Waals surface area contributed by atoms with Crippen LogP contribution in [0.15, 0.2) is 0 Å². The van der Waals surface area contributed by atoms with Gasteiger partial charge in [-0.1, -0.05) is 0 Å². The molecule has 1 amide bonds. The van der Waals surface area contributed by atoms with Crippen LogP contribution in [0.5, 0.6) is 0 Å². The molecule has 0 aromatic carbocycles. The second kappa shape index (κ2) is 4.28. The molecule has 0 aliphatic heterocycles. The van der Waals surface area contributed by atoms with E-state index in [1.54, 1.807) is 6.92 Å². The lowest BCUT2D eigenvalue weighted by Gasteiger charge is -2.32. The van der Waals surface area contributed by atoms with Crippen molar-refractivity contribution in [1.29, 1.82) is 0 Å². The van der Waals surface area contributed by atoms with E-state index >= 15 is 0 Å². The Kier molecular flexibility index (Phi) is 3.50. The minimum absolute atomic E-state index is 0.00259. The zero-order valence-electron chi connectivity index (χ0n) is 8.95. The second-order valence-electron chi connectivity index (χ2n) is 4.49. The number of nitrogens with two attached hydrogens (primary N) is 2. The van der Waals surface area contributed by atoms with Gasteiger partial charge in [0.2, 0.25) is 5.91 Å². The van der Waals surface area contributed by atoms with Gasteiger partial charge in [0.05, 0.1) is 17.7 Å². The van der Waals surface area contributed by atoms with Crippen LogP contribution in [-0.4, -0.2) is 23.7 Å². The normalized spacial score (nSPS) is 23.6. The topological polar surface area (TPSA) is 78.3 Å². The lowest BCUT2D eigenvalue weighted by molar-refractivity contribution is -0.125. The summed E-state index contributed by atoms with van der Waals surface area (Å²) in [6.07, 6.45) is 4.35. The first-order chi connectivity index (χ1) is 6.42. The van der Waals surface area contributed by atoms with Crippen LogP contribution < -0.4 is 11.5 Å². The zero-order chi connectivity index (χ0) is 10.8. The quantitative estimate of drug-likeness (QED) is 0.679. The van der Waals surface area contributed by atoms with Crippen LogP contribution in [-0.2, 0) is 9.53 Å². The van der Waals surface area contributed by atoms with Gasteiger partial charge in [-0.25, -0.2) is 0 Å². The molecule has 0 aromatic rings. The summed E-state index contributed by atoms with van der Waals surface area (Å²) in [7, 11) is 0. The van der Waals surface area contributed by atoms with Crippen LogP contribution in [0.3, 0.4) is 0 Å². The molecule has 4 nitrogen and oxygen atoms in total. The molecule has 1 saturated carbocycles. The number of rotatable bonds is 5. The summed E-state index contributed by atoms with van der Waals surface area (Å²) >= 11 is 0. The van der Waals surface area contributed by atoms with Gasteiger partial charge in [0.15, 0.2) is 0 Å². The van der Waals surface area contributed by atoms with E-state index in [1.807, 2.05) is 6.92 Å². The first-order valence-electron chi connectivity index (χ1n) is 5.16. The van der Waals surface area contributed by atoms with Gasteiger partial charge in [-0.2, -0.15) is 0 Å². The van der Waals surface area contributed by atoms with Crippen LogP contribution in [0.25, 0.3) is 0 Å². The predicted molar refractivity (Wildman–Crippen MR) is 54.6 cm³/mol. The van der Waals surface area contributed by atoms with E-state index in [4.69, 9.17) is 16.2 Å². The lowest BCUT2D eigenvalue weighted by Crippen LogP contribution is -2.51. The third-order valence-electron chi connectivity index (χ3n) is 2.75. The molecule has 0 spiro atoms. The molecule has 2 atom stereocenters. The van der Waals surface area contributed by atoms with E-state index in [1.165, 1.54) is 6.42 Å². The number of hydrogen-bond acceptors (Lipinski definition) is 3. The van der Waals surface area contributed by atoms with E-state index in [2.05, 4.69) is 0 Å². The van der Waals surface area contributed by atoms with Crippen LogP contribution in [0.4, 0.5) is 0 Å². The fraction of sp³-hybridized carbons (Fsp3) is 0.900. The van der Waals surface area contributed by atoms with Crippen LogP contribution in [0, 0.1) is 0 Å². The number of primary amides is 1. The van der Waals surface area contributed by atoms with E-state index in [0.29, 0.717) is 12.5 Å². The first-order valence-corrected chi connectivity index (χ1v) is 5.16. The molecule has 1 rings (SSSR count). The average molecular weight is 200 g/mol. The van der Waals surface area contributed by atoms with Gasteiger partial charge < -0.3 is 16.2 Å². The molecule has 1 aliphatic rings. The Hall–Kier alpha value is -0.610. The van der Waals surface area contributed by atoms with Crippen LogP contribution in [0.1, 0.15) is 39.5 Å². The Balaban J connectivity index is 2.30. The van der Waals surface area contributed by atoms with Crippen molar-refractivity contribution in [1.82, 2.24) is 0 Å². The summed E-state index contributed by atoms with van der Waals surface area (Å²) in [5, 5.41) is 0.